The quantitative estimate of drug-likeness (QED) is 0.660. The lowest BCUT2D eigenvalue weighted by molar-refractivity contribution is -0.113. The maximum Gasteiger partial charge on any atom is 0.235 e. The van der Waals surface area contributed by atoms with Crippen LogP contribution in [0.4, 0.5) is 5.82 Å². The largest absolute Gasteiger partial charge is 0.508 e. The number of carbonyl (C=O) groups excluding carboxylic acids is 1. The predicted molar refractivity (Wildman–Crippen MR) is 102 cm³/mol. The van der Waals surface area contributed by atoms with E-state index in [1.807, 2.05) is 41.0 Å². The topological polar surface area (TPSA) is 67.1 Å². The number of phenolic OH excluding ortho intramolecular Hbond substituents is 1. The van der Waals surface area contributed by atoms with E-state index in [0.29, 0.717) is 11.6 Å². The number of nitrogens with zero attached hydrogens (tertiary/aromatic N) is 2. The Kier molecular flexibility index (Phi) is 4.27. The fourth-order valence-corrected chi connectivity index (χ4v) is 4.24. The molecule has 1 aliphatic heterocycles. The van der Waals surface area contributed by atoms with Gasteiger partial charge in [0.15, 0.2) is 5.82 Å². The zero-order chi connectivity index (χ0) is 17.4. The first kappa shape index (κ1) is 16.2. The van der Waals surface area contributed by atoms with Crippen molar-refractivity contribution in [1.29, 1.82) is 0 Å². The van der Waals surface area contributed by atoms with Gasteiger partial charge in [0.25, 0.3) is 0 Å². The highest BCUT2D eigenvalue weighted by molar-refractivity contribution is 9.10. The average Bonchev–Trinajstić information content (AvgIpc) is 2.91. The highest BCUT2D eigenvalue weighted by Gasteiger charge is 2.29. The number of amides is 1. The van der Waals surface area contributed by atoms with E-state index in [4.69, 9.17) is 0 Å². The molecule has 2 N–H and O–H groups in total. The Bertz CT molecular complexity index is 940. The highest BCUT2D eigenvalue weighted by atomic mass is 79.9. The number of aromatic nitrogens is 2. The van der Waals surface area contributed by atoms with Crippen LogP contribution in [0.25, 0.3) is 5.69 Å². The second kappa shape index (κ2) is 6.57. The molecular formula is C18H14BrN3O2S. The SMILES string of the molecule is O=C1CS[C@@H](c2cccc(O)c2)c2c(ncn2-c2ccc(Br)cc2)N1. The fraction of sp³-hybridized carbons (Fsp3) is 0.111. The molecule has 1 amide bonds. The van der Waals surface area contributed by atoms with Crippen molar-refractivity contribution in [3.8, 4) is 11.4 Å². The van der Waals surface area contributed by atoms with Gasteiger partial charge in [-0.15, -0.1) is 11.8 Å². The molecule has 0 unspecified atom stereocenters. The molecular weight excluding hydrogens is 402 g/mol. The van der Waals surface area contributed by atoms with Crippen LogP contribution in [0.5, 0.6) is 5.75 Å². The third-order valence-corrected chi connectivity index (χ3v) is 5.76. The molecule has 0 spiro atoms. The zero-order valence-corrected chi connectivity index (χ0v) is 15.4. The monoisotopic (exact) mass is 415 g/mol. The van der Waals surface area contributed by atoms with Gasteiger partial charge in [-0.05, 0) is 42.0 Å². The summed E-state index contributed by atoms with van der Waals surface area (Å²) in [6, 6.07) is 15.0. The molecule has 1 atom stereocenters. The average molecular weight is 416 g/mol. The lowest BCUT2D eigenvalue weighted by atomic mass is 10.1. The molecule has 0 aliphatic carbocycles. The Hall–Kier alpha value is -2.25. The third kappa shape index (κ3) is 3.17. The van der Waals surface area contributed by atoms with E-state index >= 15 is 0 Å². The van der Waals surface area contributed by atoms with Gasteiger partial charge in [-0.3, -0.25) is 9.36 Å². The van der Waals surface area contributed by atoms with Gasteiger partial charge >= 0.3 is 0 Å². The summed E-state index contributed by atoms with van der Waals surface area (Å²) in [6.07, 6.45) is 1.72. The minimum atomic E-state index is -0.118. The van der Waals surface area contributed by atoms with Crippen molar-refractivity contribution in [2.24, 2.45) is 0 Å². The Morgan fingerprint density at radius 1 is 1.24 bits per heavy atom. The van der Waals surface area contributed by atoms with Crippen molar-refractivity contribution in [2.45, 2.75) is 5.25 Å². The van der Waals surface area contributed by atoms with Crippen LogP contribution in [-0.2, 0) is 4.79 Å². The first-order valence-corrected chi connectivity index (χ1v) is 9.49. The van der Waals surface area contributed by atoms with Crippen LogP contribution >= 0.6 is 27.7 Å². The number of imidazole rings is 1. The van der Waals surface area contributed by atoms with Crippen molar-refractivity contribution < 1.29 is 9.90 Å². The second-order valence-electron chi connectivity index (χ2n) is 5.66. The Labute approximate surface area is 157 Å². The third-order valence-electron chi connectivity index (χ3n) is 3.97. The number of nitrogens with one attached hydrogen (secondary N) is 1. The Balaban J connectivity index is 1.88. The van der Waals surface area contributed by atoms with E-state index in [1.165, 1.54) is 11.8 Å². The van der Waals surface area contributed by atoms with Crippen LogP contribution in [0.2, 0.25) is 0 Å². The van der Waals surface area contributed by atoms with E-state index in [1.54, 1.807) is 18.5 Å². The molecule has 25 heavy (non-hydrogen) atoms. The summed E-state index contributed by atoms with van der Waals surface area (Å²) in [4.78, 5) is 16.5. The molecule has 2 aromatic carbocycles. The molecule has 3 aromatic rings. The molecule has 0 saturated carbocycles. The van der Waals surface area contributed by atoms with Crippen LogP contribution in [0, 0.1) is 0 Å². The fourth-order valence-electron chi connectivity index (χ4n) is 2.86. The molecule has 5 nitrogen and oxygen atoms in total. The van der Waals surface area contributed by atoms with Gasteiger partial charge < -0.3 is 10.4 Å². The van der Waals surface area contributed by atoms with E-state index < -0.39 is 0 Å². The van der Waals surface area contributed by atoms with Crippen molar-refractivity contribution >= 4 is 39.4 Å². The Morgan fingerprint density at radius 3 is 2.80 bits per heavy atom. The summed E-state index contributed by atoms with van der Waals surface area (Å²) < 4.78 is 2.98. The van der Waals surface area contributed by atoms with Gasteiger partial charge in [-0.1, -0.05) is 28.1 Å². The summed E-state index contributed by atoms with van der Waals surface area (Å²) in [7, 11) is 0. The van der Waals surface area contributed by atoms with Crippen molar-refractivity contribution in [3.05, 3.63) is 70.6 Å². The number of halogens is 1. The maximum atomic E-state index is 12.0. The molecule has 1 aromatic heterocycles. The number of fused-ring (bicyclic) bond motifs is 1. The van der Waals surface area contributed by atoms with Crippen molar-refractivity contribution in [1.82, 2.24) is 9.55 Å². The van der Waals surface area contributed by atoms with Crippen LogP contribution in [0.15, 0.2) is 59.3 Å². The molecule has 0 saturated heterocycles. The highest BCUT2D eigenvalue weighted by Crippen LogP contribution is 2.42. The van der Waals surface area contributed by atoms with E-state index in [-0.39, 0.29) is 16.9 Å². The Morgan fingerprint density at radius 2 is 2.04 bits per heavy atom. The first-order valence-electron chi connectivity index (χ1n) is 7.65. The molecule has 0 radical (unpaired) electrons. The van der Waals surface area contributed by atoms with Gasteiger partial charge in [-0.25, -0.2) is 4.98 Å². The van der Waals surface area contributed by atoms with Crippen molar-refractivity contribution in [3.63, 3.8) is 0 Å². The summed E-state index contributed by atoms with van der Waals surface area (Å²) >= 11 is 4.97. The standard InChI is InChI=1S/C18H14BrN3O2S/c19-12-4-6-13(7-5-12)22-10-20-18-16(22)17(25-9-15(24)21-18)11-2-1-3-14(23)8-11/h1-8,10,17,23H,9H2,(H,21,24)/t17-/m0/s1. The summed E-state index contributed by atoms with van der Waals surface area (Å²) in [5.41, 5.74) is 2.78. The molecule has 0 bridgehead atoms. The van der Waals surface area contributed by atoms with Gasteiger partial charge in [0.1, 0.15) is 12.1 Å². The minimum Gasteiger partial charge on any atom is -0.508 e. The number of aromatic hydroxyl groups is 1. The van der Waals surface area contributed by atoms with Gasteiger partial charge in [0.2, 0.25) is 5.91 Å². The first-order chi connectivity index (χ1) is 12.1. The summed E-state index contributed by atoms with van der Waals surface area (Å²) in [5.74, 6) is 1.02. The number of hydrogen-bond acceptors (Lipinski definition) is 4. The van der Waals surface area contributed by atoms with Crippen LogP contribution in [0.1, 0.15) is 16.5 Å². The van der Waals surface area contributed by atoms with Crippen molar-refractivity contribution in [2.75, 3.05) is 11.1 Å². The lowest BCUT2D eigenvalue weighted by Crippen LogP contribution is -2.12. The number of anilines is 1. The predicted octanol–water partition coefficient (Wildman–Crippen LogP) is 4.12. The number of thioether (sulfide) groups is 1. The number of hydrogen-bond donors (Lipinski definition) is 2. The van der Waals surface area contributed by atoms with E-state index in [2.05, 4.69) is 26.2 Å². The maximum absolute atomic E-state index is 12.0. The number of rotatable bonds is 2. The van der Waals surface area contributed by atoms with Gasteiger partial charge in [-0.2, -0.15) is 0 Å². The summed E-state index contributed by atoms with van der Waals surface area (Å²) in [5, 5.41) is 12.6. The number of carbonyl (C=O) groups is 1. The van der Waals surface area contributed by atoms with Gasteiger partial charge in [0.05, 0.1) is 16.7 Å². The van der Waals surface area contributed by atoms with E-state index in [9.17, 15) is 9.90 Å². The van der Waals surface area contributed by atoms with Gasteiger partial charge in [0, 0.05) is 10.2 Å². The number of benzene rings is 2. The van der Waals surface area contributed by atoms with Crippen LogP contribution in [-0.4, -0.2) is 26.3 Å². The molecule has 126 valence electrons. The summed E-state index contributed by atoms with van der Waals surface area (Å²) in [6.45, 7) is 0. The molecule has 1 aliphatic rings. The minimum absolute atomic E-state index is 0.0741. The normalized spacial score (nSPS) is 16.8. The molecule has 0 fully saturated rings. The lowest BCUT2D eigenvalue weighted by Gasteiger charge is -2.18. The number of phenols is 1. The zero-order valence-electron chi connectivity index (χ0n) is 13.0. The van der Waals surface area contributed by atoms with E-state index in [0.717, 1.165) is 21.4 Å². The smallest absolute Gasteiger partial charge is 0.235 e. The second-order valence-corrected chi connectivity index (χ2v) is 7.67. The van der Waals surface area contributed by atoms with Crippen LogP contribution < -0.4 is 5.32 Å². The molecule has 4 rings (SSSR count). The van der Waals surface area contributed by atoms with Crippen LogP contribution in [0.3, 0.4) is 0 Å². The molecule has 7 heteroatoms. The molecule has 2 heterocycles.